The van der Waals surface area contributed by atoms with E-state index in [9.17, 15) is 18.1 Å². The van der Waals surface area contributed by atoms with Crippen molar-refractivity contribution in [2.75, 3.05) is 0 Å². The first kappa shape index (κ1) is 33.7. The molecule has 0 aliphatic rings. The van der Waals surface area contributed by atoms with E-state index in [1.54, 1.807) is 0 Å². The number of aliphatic hydroxyl groups is 1. The van der Waals surface area contributed by atoms with Gasteiger partial charge in [-0.2, -0.15) is 0 Å². The van der Waals surface area contributed by atoms with E-state index < -0.39 is 15.4 Å². The topological polar surface area (TPSA) is 77.4 Å². The molecule has 0 bridgehead atoms. The van der Waals surface area contributed by atoms with Gasteiger partial charge in [-0.25, -0.2) is 8.42 Å². The molecule has 0 heterocycles. The van der Waals surface area contributed by atoms with Crippen molar-refractivity contribution < 1.29 is 69.5 Å². The van der Waals surface area contributed by atoms with E-state index in [1.165, 1.54) is 64.2 Å². The van der Waals surface area contributed by atoms with Crippen LogP contribution in [0, 0.1) is 0 Å². The minimum absolute atomic E-state index is 0. The van der Waals surface area contributed by atoms with Crippen LogP contribution in [0.2, 0.25) is 0 Å². The molecule has 6 heteroatoms. The van der Waals surface area contributed by atoms with Crippen LogP contribution in [0.5, 0.6) is 0 Å². The van der Waals surface area contributed by atoms with Gasteiger partial charge in [-0.1, -0.05) is 116 Å². The van der Waals surface area contributed by atoms with Crippen LogP contribution >= 0.6 is 0 Å². The van der Waals surface area contributed by atoms with Crippen LogP contribution in [0.25, 0.3) is 0 Å². The van der Waals surface area contributed by atoms with Gasteiger partial charge in [-0.15, -0.1) is 0 Å². The van der Waals surface area contributed by atoms with Crippen LogP contribution in [0.3, 0.4) is 0 Å². The molecule has 0 rings (SSSR count). The van der Waals surface area contributed by atoms with Gasteiger partial charge in [0.2, 0.25) is 0 Å². The molecule has 0 spiro atoms. The van der Waals surface area contributed by atoms with E-state index in [-0.39, 0.29) is 57.5 Å². The minimum Gasteiger partial charge on any atom is -0.748 e. The molecule has 2 unspecified atom stereocenters. The molecule has 0 amide bonds. The predicted octanol–water partition coefficient (Wildman–Crippen LogP) is 4.11. The third kappa shape index (κ3) is 24.2. The van der Waals surface area contributed by atoms with Gasteiger partial charge in [-0.05, 0) is 26.2 Å². The molecular formula is C24H49KO4S. The summed E-state index contributed by atoms with van der Waals surface area (Å²) in [5.41, 5.74) is 0. The summed E-state index contributed by atoms with van der Waals surface area (Å²) >= 11 is 0. The van der Waals surface area contributed by atoms with Crippen LogP contribution in [0.15, 0.2) is 0 Å². The number of unbranched alkanes of at least 4 members (excludes halogenated alkanes) is 15. The van der Waals surface area contributed by atoms with Crippen molar-refractivity contribution in [1.82, 2.24) is 0 Å². The van der Waals surface area contributed by atoms with E-state index in [0.717, 1.165) is 51.4 Å². The molecule has 0 aromatic rings. The molecule has 0 saturated carbocycles. The Kier molecular flexibility index (Phi) is 26.6. The quantitative estimate of drug-likeness (QED) is 0.146. The monoisotopic (exact) mass is 472 g/mol. The van der Waals surface area contributed by atoms with Crippen LogP contribution in [0.4, 0.5) is 0 Å². The van der Waals surface area contributed by atoms with Gasteiger partial charge in [0, 0.05) is 5.25 Å². The molecule has 0 aromatic carbocycles. The van der Waals surface area contributed by atoms with E-state index in [2.05, 4.69) is 6.92 Å². The third-order valence-electron chi connectivity index (χ3n) is 5.94. The zero-order valence-corrected chi connectivity index (χ0v) is 24.3. The number of hydrogen-bond donors (Lipinski definition) is 1. The molecule has 4 nitrogen and oxygen atoms in total. The van der Waals surface area contributed by atoms with Crippen molar-refractivity contribution >= 4 is 10.1 Å². The molecule has 0 fully saturated rings. The van der Waals surface area contributed by atoms with E-state index in [0.29, 0.717) is 12.8 Å². The van der Waals surface area contributed by atoms with Crippen LogP contribution < -0.4 is 51.4 Å². The fraction of sp³-hybridized carbons (Fsp3) is 1.00. The largest absolute Gasteiger partial charge is 1.00 e. The summed E-state index contributed by atoms with van der Waals surface area (Å²) in [5, 5.41) is 8.55. The van der Waals surface area contributed by atoms with Crippen LogP contribution in [-0.2, 0) is 10.1 Å². The maximum Gasteiger partial charge on any atom is 1.00 e. The van der Waals surface area contributed by atoms with Crippen molar-refractivity contribution in [3.63, 3.8) is 0 Å². The first-order valence-electron chi connectivity index (χ1n) is 12.5. The summed E-state index contributed by atoms with van der Waals surface area (Å²) in [4.78, 5) is 0. The zero-order valence-electron chi connectivity index (χ0n) is 20.4. The molecular weight excluding hydrogens is 423 g/mol. The molecule has 0 aliphatic heterocycles. The summed E-state index contributed by atoms with van der Waals surface area (Å²) in [7, 11) is -4.14. The van der Waals surface area contributed by atoms with Crippen molar-refractivity contribution in [3.05, 3.63) is 0 Å². The Morgan fingerprint density at radius 1 is 0.633 bits per heavy atom. The van der Waals surface area contributed by atoms with Gasteiger partial charge in [0.1, 0.15) is 0 Å². The van der Waals surface area contributed by atoms with Crippen LogP contribution in [0.1, 0.15) is 142 Å². The summed E-state index contributed by atoms with van der Waals surface area (Å²) in [6.07, 6.45) is 21.8. The minimum atomic E-state index is -4.14. The third-order valence-corrected chi connectivity index (χ3v) is 7.22. The summed E-state index contributed by atoms with van der Waals surface area (Å²) < 4.78 is 34.4. The first-order chi connectivity index (χ1) is 13.9. The zero-order chi connectivity index (χ0) is 21.8. The Morgan fingerprint density at radius 2 is 0.933 bits per heavy atom. The Hall–Kier alpha value is 1.51. The molecule has 176 valence electrons. The van der Waals surface area contributed by atoms with E-state index in [1.807, 2.05) is 6.92 Å². The summed E-state index contributed by atoms with van der Waals surface area (Å²) in [6, 6.07) is 0. The van der Waals surface area contributed by atoms with Gasteiger partial charge in [-0.3, -0.25) is 0 Å². The summed E-state index contributed by atoms with van der Waals surface area (Å²) in [6.45, 7) is 4.02. The van der Waals surface area contributed by atoms with Crippen molar-refractivity contribution in [1.29, 1.82) is 0 Å². The molecule has 2 atom stereocenters. The van der Waals surface area contributed by atoms with Gasteiger partial charge in [0.25, 0.3) is 0 Å². The maximum absolute atomic E-state index is 11.5. The molecule has 0 aliphatic carbocycles. The summed E-state index contributed by atoms with van der Waals surface area (Å²) in [5.74, 6) is 0. The molecule has 0 saturated heterocycles. The molecule has 0 radical (unpaired) electrons. The predicted molar refractivity (Wildman–Crippen MR) is 123 cm³/mol. The number of hydrogen-bond acceptors (Lipinski definition) is 4. The Balaban J connectivity index is 0. The second-order valence-electron chi connectivity index (χ2n) is 8.99. The second kappa shape index (κ2) is 23.7. The standard InChI is InChI=1S/C24H50O4S.K/c1-3-4-5-14-18-21-24(29(26,27)28)22-19-16-13-11-9-7-6-8-10-12-15-17-20-23(2)25;/h23-25H,3-22H2,1-2H3,(H,26,27,28);/q;+1/p-1. The van der Waals surface area contributed by atoms with E-state index >= 15 is 0 Å². The number of aliphatic hydroxyl groups excluding tert-OH is 1. The molecule has 30 heavy (non-hydrogen) atoms. The van der Waals surface area contributed by atoms with Crippen molar-refractivity contribution in [2.45, 2.75) is 154 Å². The van der Waals surface area contributed by atoms with Gasteiger partial charge in [0.05, 0.1) is 16.2 Å². The van der Waals surface area contributed by atoms with Gasteiger partial charge in [0.15, 0.2) is 0 Å². The number of rotatable bonds is 22. The fourth-order valence-corrected chi connectivity index (χ4v) is 4.90. The smallest absolute Gasteiger partial charge is 0.748 e. The average Bonchev–Trinajstić information content (AvgIpc) is 2.65. The maximum atomic E-state index is 11.5. The van der Waals surface area contributed by atoms with Crippen molar-refractivity contribution in [2.24, 2.45) is 0 Å². The SMILES string of the molecule is CCCCCCCC(CCCCCCCCCCCCCCC(C)O)S(=O)(=O)[O-].[K+]. The molecule has 1 N–H and O–H groups in total. The van der Waals surface area contributed by atoms with E-state index in [4.69, 9.17) is 0 Å². The average molecular weight is 473 g/mol. The Morgan fingerprint density at radius 3 is 1.23 bits per heavy atom. The van der Waals surface area contributed by atoms with Crippen LogP contribution in [-0.4, -0.2) is 29.4 Å². The fourth-order valence-electron chi connectivity index (χ4n) is 3.99. The second-order valence-corrected chi connectivity index (χ2v) is 10.6. The Labute approximate surface area is 230 Å². The van der Waals surface area contributed by atoms with Crippen molar-refractivity contribution in [3.8, 4) is 0 Å². The first-order valence-corrected chi connectivity index (χ1v) is 14.0. The van der Waals surface area contributed by atoms with Gasteiger partial charge >= 0.3 is 51.4 Å². The Bertz CT molecular complexity index is 440. The molecule has 0 aromatic heterocycles. The van der Waals surface area contributed by atoms with Gasteiger partial charge < -0.3 is 9.66 Å². The normalized spacial score (nSPS) is 13.7.